The maximum Gasteiger partial charge on any atom is 0.293 e. The topological polar surface area (TPSA) is 137 Å². The fourth-order valence-corrected chi connectivity index (χ4v) is 3.50. The van der Waals surface area contributed by atoms with Crippen molar-refractivity contribution in [3.63, 3.8) is 0 Å². The van der Waals surface area contributed by atoms with E-state index in [9.17, 15) is 9.18 Å². The lowest BCUT2D eigenvalue weighted by Crippen LogP contribution is -2.20. The highest BCUT2D eigenvalue weighted by Crippen LogP contribution is 2.25. The zero-order valence-corrected chi connectivity index (χ0v) is 16.7. The van der Waals surface area contributed by atoms with Crippen molar-refractivity contribution in [2.75, 3.05) is 5.73 Å². The second kappa shape index (κ2) is 9.17. The second-order valence-electron chi connectivity index (χ2n) is 6.13. The molecule has 10 nitrogen and oxygen atoms in total. The van der Waals surface area contributed by atoms with Crippen molar-refractivity contribution in [3.05, 3.63) is 77.4 Å². The van der Waals surface area contributed by atoms with Crippen molar-refractivity contribution in [1.29, 1.82) is 0 Å². The Morgan fingerprint density at radius 2 is 2.06 bits per heavy atom. The van der Waals surface area contributed by atoms with E-state index in [4.69, 9.17) is 5.73 Å². The SMILES string of the molecule is Nc1nonc1-n1nnc(C(=O)N/N=C\c2cccc(F)c2)c1CSc1ccccc1. The molecule has 0 saturated heterocycles. The summed E-state index contributed by atoms with van der Waals surface area (Å²) in [5.41, 5.74) is 9.09. The number of thioether (sulfide) groups is 1. The lowest BCUT2D eigenvalue weighted by molar-refractivity contribution is 0.0949. The lowest BCUT2D eigenvalue weighted by atomic mass is 10.2. The van der Waals surface area contributed by atoms with Crippen LogP contribution in [0.2, 0.25) is 0 Å². The van der Waals surface area contributed by atoms with Crippen molar-refractivity contribution >= 4 is 29.7 Å². The first-order valence-electron chi connectivity index (χ1n) is 8.91. The van der Waals surface area contributed by atoms with E-state index in [-0.39, 0.29) is 17.3 Å². The summed E-state index contributed by atoms with van der Waals surface area (Å²) in [6, 6.07) is 15.4. The normalized spacial score (nSPS) is 11.1. The van der Waals surface area contributed by atoms with Crippen LogP contribution >= 0.6 is 11.8 Å². The average Bonchev–Trinajstić information content (AvgIpc) is 3.38. The molecule has 0 aliphatic heterocycles. The van der Waals surface area contributed by atoms with Crippen LogP contribution < -0.4 is 11.2 Å². The number of carbonyl (C=O) groups is 1. The molecule has 0 saturated carbocycles. The summed E-state index contributed by atoms with van der Waals surface area (Å²) in [5, 5.41) is 19.1. The van der Waals surface area contributed by atoms with Gasteiger partial charge in [0.2, 0.25) is 11.6 Å². The molecule has 0 spiro atoms. The van der Waals surface area contributed by atoms with Crippen molar-refractivity contribution < 1.29 is 13.8 Å². The number of amides is 1. The Labute approximate surface area is 179 Å². The molecule has 2 aromatic carbocycles. The minimum absolute atomic E-state index is 0.00643. The Balaban J connectivity index is 1.58. The van der Waals surface area contributed by atoms with Gasteiger partial charge >= 0.3 is 0 Å². The maximum absolute atomic E-state index is 13.3. The van der Waals surface area contributed by atoms with Gasteiger partial charge in [0.15, 0.2) is 5.69 Å². The first kappa shape index (κ1) is 20.2. The van der Waals surface area contributed by atoms with E-state index in [1.807, 2.05) is 30.3 Å². The molecular weight excluding hydrogens is 423 g/mol. The van der Waals surface area contributed by atoms with Gasteiger partial charge in [-0.2, -0.15) is 9.78 Å². The van der Waals surface area contributed by atoms with Crippen LogP contribution in [-0.4, -0.2) is 37.4 Å². The number of benzene rings is 2. The molecule has 0 aliphatic rings. The number of nitrogen functional groups attached to an aromatic ring is 1. The van der Waals surface area contributed by atoms with Crippen molar-refractivity contribution in [3.8, 4) is 5.82 Å². The summed E-state index contributed by atoms with van der Waals surface area (Å²) in [6.07, 6.45) is 1.32. The Kier molecular flexibility index (Phi) is 5.98. The Morgan fingerprint density at radius 3 is 2.81 bits per heavy atom. The van der Waals surface area contributed by atoms with Crippen LogP contribution in [0.5, 0.6) is 0 Å². The van der Waals surface area contributed by atoms with E-state index in [0.29, 0.717) is 17.0 Å². The summed E-state index contributed by atoms with van der Waals surface area (Å²) in [4.78, 5) is 13.7. The Hall–Kier alpha value is -4.06. The molecule has 0 aliphatic carbocycles. The Bertz CT molecular complexity index is 1220. The first-order chi connectivity index (χ1) is 15.1. The summed E-state index contributed by atoms with van der Waals surface area (Å²) in [7, 11) is 0. The van der Waals surface area contributed by atoms with Gasteiger partial charge in [0.1, 0.15) is 5.82 Å². The molecule has 2 aromatic heterocycles. The minimum Gasteiger partial charge on any atom is -0.378 e. The van der Waals surface area contributed by atoms with E-state index in [0.717, 1.165) is 4.90 Å². The van der Waals surface area contributed by atoms with Crippen LogP contribution in [0.15, 0.2) is 69.2 Å². The zero-order valence-electron chi connectivity index (χ0n) is 15.8. The van der Waals surface area contributed by atoms with Crippen molar-refractivity contribution in [1.82, 2.24) is 30.7 Å². The monoisotopic (exact) mass is 438 g/mol. The largest absolute Gasteiger partial charge is 0.378 e. The molecule has 3 N–H and O–H groups in total. The highest BCUT2D eigenvalue weighted by Gasteiger charge is 2.24. The van der Waals surface area contributed by atoms with E-state index < -0.39 is 11.7 Å². The molecule has 4 aromatic rings. The molecule has 0 unspecified atom stereocenters. The molecule has 0 radical (unpaired) electrons. The number of carbonyl (C=O) groups excluding carboxylic acids is 1. The molecule has 156 valence electrons. The summed E-state index contributed by atoms with van der Waals surface area (Å²) in [6.45, 7) is 0. The molecular formula is C19H15FN8O2S. The molecule has 31 heavy (non-hydrogen) atoms. The number of nitrogens with one attached hydrogen (secondary N) is 1. The third-order valence-corrected chi connectivity index (χ3v) is 5.04. The van der Waals surface area contributed by atoms with Crippen LogP contribution in [0, 0.1) is 5.82 Å². The number of halogens is 1. The minimum atomic E-state index is -0.599. The molecule has 0 fully saturated rings. The number of nitrogens with zero attached hydrogens (tertiary/aromatic N) is 6. The fourth-order valence-electron chi connectivity index (χ4n) is 2.59. The van der Waals surface area contributed by atoms with Gasteiger partial charge in [-0.1, -0.05) is 35.5 Å². The van der Waals surface area contributed by atoms with Crippen LogP contribution in [0.1, 0.15) is 21.7 Å². The fraction of sp³-hybridized carbons (Fsp3) is 0.0526. The molecule has 0 atom stereocenters. The number of hydrazone groups is 1. The second-order valence-corrected chi connectivity index (χ2v) is 7.17. The summed E-state index contributed by atoms with van der Waals surface area (Å²) < 4.78 is 19.2. The number of nitrogens with two attached hydrogens (primary N) is 1. The number of anilines is 1. The van der Waals surface area contributed by atoms with Gasteiger partial charge in [0.25, 0.3) is 5.91 Å². The Morgan fingerprint density at radius 1 is 1.23 bits per heavy atom. The number of aromatic nitrogens is 5. The highest BCUT2D eigenvalue weighted by atomic mass is 32.2. The quantitative estimate of drug-likeness (QED) is 0.255. The van der Waals surface area contributed by atoms with E-state index in [1.165, 1.54) is 34.8 Å². The van der Waals surface area contributed by atoms with Crippen molar-refractivity contribution in [2.45, 2.75) is 10.6 Å². The van der Waals surface area contributed by atoms with Crippen LogP contribution in [0.25, 0.3) is 5.82 Å². The zero-order chi connectivity index (χ0) is 21.6. The van der Waals surface area contributed by atoms with Crippen LogP contribution in [0.4, 0.5) is 10.2 Å². The third kappa shape index (κ3) is 4.75. The predicted molar refractivity (Wildman–Crippen MR) is 111 cm³/mol. The number of rotatable bonds is 7. The summed E-state index contributed by atoms with van der Waals surface area (Å²) in [5.74, 6) is -0.542. The number of hydrogen-bond acceptors (Lipinski definition) is 9. The highest BCUT2D eigenvalue weighted by molar-refractivity contribution is 7.98. The van der Waals surface area contributed by atoms with Gasteiger partial charge in [-0.15, -0.1) is 16.9 Å². The molecule has 1 amide bonds. The van der Waals surface area contributed by atoms with Gasteiger partial charge in [-0.25, -0.2) is 14.4 Å². The summed E-state index contributed by atoms with van der Waals surface area (Å²) >= 11 is 1.47. The van der Waals surface area contributed by atoms with Gasteiger partial charge in [0, 0.05) is 10.6 Å². The van der Waals surface area contributed by atoms with Gasteiger partial charge in [-0.05, 0) is 40.1 Å². The van der Waals surface area contributed by atoms with Gasteiger partial charge in [0.05, 0.1) is 11.9 Å². The molecule has 12 heteroatoms. The smallest absolute Gasteiger partial charge is 0.293 e. The van der Waals surface area contributed by atoms with Gasteiger partial charge < -0.3 is 5.73 Å². The lowest BCUT2D eigenvalue weighted by Gasteiger charge is -2.05. The van der Waals surface area contributed by atoms with E-state index in [1.54, 1.807) is 12.1 Å². The van der Waals surface area contributed by atoms with Crippen LogP contribution in [0.3, 0.4) is 0 Å². The van der Waals surface area contributed by atoms with E-state index >= 15 is 0 Å². The standard InChI is InChI=1S/C19H15FN8O2S/c20-13-6-4-5-12(9-13)10-22-24-19(29)16-15(11-31-14-7-2-1-3-8-14)28(27-23-16)18-17(21)25-30-26-18/h1-10H,11H2,(H2,21,25)(H,24,29)/b22-10-. The molecule has 0 bridgehead atoms. The predicted octanol–water partition coefficient (Wildman–Crippen LogP) is 2.43. The van der Waals surface area contributed by atoms with Gasteiger partial charge in [-0.3, -0.25) is 4.79 Å². The molecule has 2 heterocycles. The first-order valence-corrected chi connectivity index (χ1v) is 9.90. The van der Waals surface area contributed by atoms with Crippen LogP contribution in [-0.2, 0) is 5.75 Å². The third-order valence-electron chi connectivity index (χ3n) is 4.02. The maximum atomic E-state index is 13.3. The van der Waals surface area contributed by atoms with E-state index in [2.05, 4.69) is 35.8 Å². The average molecular weight is 438 g/mol. The number of hydrogen-bond donors (Lipinski definition) is 2. The van der Waals surface area contributed by atoms with Crippen molar-refractivity contribution in [2.24, 2.45) is 5.10 Å². The molecule has 4 rings (SSSR count).